The Morgan fingerprint density at radius 2 is 2.29 bits per heavy atom. The molecule has 1 N–H and O–H groups in total. The summed E-state index contributed by atoms with van der Waals surface area (Å²) in [5.74, 6) is 0.638. The van der Waals surface area contributed by atoms with E-state index in [0.717, 1.165) is 31.2 Å². The molecule has 76 valence electrons. The second-order valence-electron chi connectivity index (χ2n) is 3.93. The predicted octanol–water partition coefficient (Wildman–Crippen LogP) is 1.55. The van der Waals surface area contributed by atoms with Gasteiger partial charge in [-0.1, -0.05) is 6.07 Å². The number of nitrogens with zero attached hydrogens (tertiary/aromatic N) is 1. The van der Waals surface area contributed by atoms with Crippen molar-refractivity contribution in [2.45, 2.75) is 31.3 Å². The topological polar surface area (TPSA) is 42.4 Å². The first kappa shape index (κ1) is 9.46. The van der Waals surface area contributed by atoms with Gasteiger partial charge in [-0.2, -0.15) is 0 Å². The van der Waals surface area contributed by atoms with E-state index < -0.39 is 0 Å². The molecule has 1 aromatic heterocycles. The summed E-state index contributed by atoms with van der Waals surface area (Å²) < 4.78 is 4.97. The van der Waals surface area contributed by atoms with Gasteiger partial charge in [0.1, 0.15) is 0 Å². The minimum atomic E-state index is -0.361. The molecule has 0 bridgehead atoms. The molecule has 0 spiro atoms. The van der Waals surface area contributed by atoms with Crippen LogP contribution in [-0.4, -0.2) is 22.8 Å². The van der Waals surface area contributed by atoms with E-state index in [1.807, 2.05) is 18.3 Å². The summed E-state index contributed by atoms with van der Waals surface area (Å²) in [6.45, 7) is 0. The normalized spacial score (nSPS) is 17.9. The number of aromatic nitrogens is 1. The minimum absolute atomic E-state index is 0.361. The molecular formula is C11H15NO2. The Labute approximate surface area is 83.7 Å². The maximum absolute atomic E-state index is 9.65. The zero-order valence-corrected chi connectivity index (χ0v) is 8.36. The Bertz CT molecular complexity index is 304. The molecule has 0 aliphatic heterocycles. The van der Waals surface area contributed by atoms with Crippen LogP contribution >= 0.6 is 0 Å². The summed E-state index contributed by atoms with van der Waals surface area (Å²) in [7, 11) is 1.61. The van der Waals surface area contributed by atoms with Gasteiger partial charge in [0.05, 0.1) is 12.7 Å². The summed E-state index contributed by atoms with van der Waals surface area (Å²) in [6, 6.07) is 3.85. The van der Waals surface area contributed by atoms with Crippen molar-refractivity contribution in [3.63, 3.8) is 0 Å². The fourth-order valence-electron chi connectivity index (χ4n) is 1.45. The first-order valence-corrected chi connectivity index (χ1v) is 4.93. The number of ether oxygens (including phenoxy) is 1. The maximum Gasteiger partial charge on any atom is 0.212 e. The van der Waals surface area contributed by atoms with Crippen LogP contribution in [0.15, 0.2) is 18.3 Å². The highest BCUT2D eigenvalue weighted by atomic mass is 16.5. The van der Waals surface area contributed by atoms with Gasteiger partial charge in [-0.05, 0) is 31.2 Å². The Hall–Kier alpha value is -1.09. The highest BCUT2D eigenvalue weighted by Crippen LogP contribution is 2.39. The smallest absolute Gasteiger partial charge is 0.212 e. The number of pyridine rings is 1. The molecule has 0 unspecified atom stereocenters. The standard InChI is InChI=1S/C11H15NO2/c1-14-10-3-2-9(8-12-10)4-5-11(13)6-7-11/h2-3,8,13H,4-7H2,1H3. The van der Waals surface area contributed by atoms with E-state index in [1.165, 1.54) is 0 Å². The van der Waals surface area contributed by atoms with Gasteiger partial charge in [-0.3, -0.25) is 0 Å². The van der Waals surface area contributed by atoms with Crippen molar-refractivity contribution in [3.05, 3.63) is 23.9 Å². The zero-order chi connectivity index (χ0) is 10.0. The maximum atomic E-state index is 9.65. The van der Waals surface area contributed by atoms with Gasteiger partial charge < -0.3 is 9.84 Å². The van der Waals surface area contributed by atoms with Crippen LogP contribution in [0.3, 0.4) is 0 Å². The Morgan fingerprint density at radius 3 is 2.79 bits per heavy atom. The van der Waals surface area contributed by atoms with Crippen molar-refractivity contribution in [1.29, 1.82) is 0 Å². The molecule has 1 heterocycles. The molecule has 1 fully saturated rings. The van der Waals surface area contributed by atoms with E-state index in [9.17, 15) is 5.11 Å². The molecule has 0 atom stereocenters. The summed E-state index contributed by atoms with van der Waals surface area (Å²) in [4.78, 5) is 4.11. The van der Waals surface area contributed by atoms with Crippen LogP contribution in [0.5, 0.6) is 5.88 Å². The third-order valence-electron chi connectivity index (χ3n) is 2.71. The van der Waals surface area contributed by atoms with Gasteiger partial charge in [0.15, 0.2) is 0 Å². The van der Waals surface area contributed by atoms with Crippen molar-refractivity contribution in [2.75, 3.05) is 7.11 Å². The monoisotopic (exact) mass is 193 g/mol. The Morgan fingerprint density at radius 1 is 1.50 bits per heavy atom. The zero-order valence-electron chi connectivity index (χ0n) is 8.36. The number of aryl methyl sites for hydroxylation is 1. The first-order chi connectivity index (χ1) is 6.72. The third-order valence-corrected chi connectivity index (χ3v) is 2.71. The lowest BCUT2D eigenvalue weighted by molar-refractivity contribution is 0.140. The minimum Gasteiger partial charge on any atom is -0.481 e. The number of rotatable bonds is 4. The average molecular weight is 193 g/mol. The van der Waals surface area contributed by atoms with E-state index in [0.29, 0.717) is 5.88 Å². The van der Waals surface area contributed by atoms with Crippen molar-refractivity contribution >= 4 is 0 Å². The molecule has 3 nitrogen and oxygen atoms in total. The van der Waals surface area contributed by atoms with Crippen LogP contribution in [0.4, 0.5) is 0 Å². The molecule has 1 aromatic rings. The fourth-order valence-corrected chi connectivity index (χ4v) is 1.45. The highest BCUT2D eigenvalue weighted by Gasteiger charge is 2.39. The number of hydrogen-bond acceptors (Lipinski definition) is 3. The number of aliphatic hydroxyl groups is 1. The van der Waals surface area contributed by atoms with Crippen LogP contribution in [0.1, 0.15) is 24.8 Å². The average Bonchev–Trinajstić information content (AvgIpc) is 2.95. The van der Waals surface area contributed by atoms with Gasteiger partial charge in [0.25, 0.3) is 0 Å². The van der Waals surface area contributed by atoms with Crippen LogP contribution in [-0.2, 0) is 6.42 Å². The van der Waals surface area contributed by atoms with Crippen molar-refractivity contribution in [3.8, 4) is 5.88 Å². The van der Waals surface area contributed by atoms with Gasteiger partial charge in [-0.15, -0.1) is 0 Å². The van der Waals surface area contributed by atoms with E-state index in [2.05, 4.69) is 4.98 Å². The molecule has 1 aliphatic carbocycles. The molecule has 1 aliphatic rings. The van der Waals surface area contributed by atoms with Crippen LogP contribution in [0.2, 0.25) is 0 Å². The molecule has 0 amide bonds. The lowest BCUT2D eigenvalue weighted by atomic mass is 10.1. The van der Waals surface area contributed by atoms with Gasteiger partial charge in [0.2, 0.25) is 5.88 Å². The second-order valence-corrected chi connectivity index (χ2v) is 3.93. The summed E-state index contributed by atoms with van der Waals surface area (Å²) in [6.07, 6.45) is 5.46. The second kappa shape index (κ2) is 3.58. The predicted molar refractivity (Wildman–Crippen MR) is 53.3 cm³/mol. The van der Waals surface area contributed by atoms with Gasteiger partial charge in [0, 0.05) is 12.3 Å². The van der Waals surface area contributed by atoms with E-state index in [-0.39, 0.29) is 5.60 Å². The fraction of sp³-hybridized carbons (Fsp3) is 0.545. The molecule has 0 aromatic carbocycles. The van der Waals surface area contributed by atoms with Gasteiger partial charge in [-0.25, -0.2) is 4.98 Å². The Balaban J connectivity index is 1.89. The van der Waals surface area contributed by atoms with Crippen molar-refractivity contribution < 1.29 is 9.84 Å². The van der Waals surface area contributed by atoms with Crippen LogP contribution < -0.4 is 4.74 Å². The SMILES string of the molecule is COc1ccc(CCC2(O)CC2)cn1. The van der Waals surface area contributed by atoms with E-state index in [4.69, 9.17) is 4.74 Å². The van der Waals surface area contributed by atoms with Crippen molar-refractivity contribution in [1.82, 2.24) is 4.98 Å². The van der Waals surface area contributed by atoms with Crippen molar-refractivity contribution in [2.24, 2.45) is 0 Å². The van der Waals surface area contributed by atoms with Crippen LogP contribution in [0.25, 0.3) is 0 Å². The summed E-state index contributed by atoms with van der Waals surface area (Å²) in [5, 5.41) is 9.65. The molecule has 0 saturated heterocycles. The molecule has 0 radical (unpaired) electrons. The molecule has 1 saturated carbocycles. The molecule has 3 heteroatoms. The Kier molecular flexibility index (Phi) is 2.42. The largest absolute Gasteiger partial charge is 0.481 e. The highest BCUT2D eigenvalue weighted by molar-refractivity contribution is 5.18. The molecule has 2 rings (SSSR count). The number of methoxy groups -OCH3 is 1. The molecule has 14 heavy (non-hydrogen) atoms. The van der Waals surface area contributed by atoms with E-state index >= 15 is 0 Å². The third kappa shape index (κ3) is 2.23. The first-order valence-electron chi connectivity index (χ1n) is 4.93. The summed E-state index contributed by atoms with van der Waals surface area (Å²) in [5.41, 5.74) is 0.797. The lowest BCUT2D eigenvalue weighted by Gasteiger charge is -2.06. The number of hydrogen-bond donors (Lipinski definition) is 1. The van der Waals surface area contributed by atoms with Gasteiger partial charge >= 0.3 is 0 Å². The van der Waals surface area contributed by atoms with E-state index in [1.54, 1.807) is 7.11 Å². The van der Waals surface area contributed by atoms with Crippen LogP contribution in [0, 0.1) is 0 Å². The summed E-state index contributed by atoms with van der Waals surface area (Å²) >= 11 is 0. The quantitative estimate of drug-likeness (QED) is 0.788. The molecular weight excluding hydrogens is 178 g/mol. The lowest BCUT2D eigenvalue weighted by Crippen LogP contribution is -2.07.